The molecule has 0 bridgehead atoms. The van der Waals surface area contributed by atoms with Gasteiger partial charge >= 0.3 is 0 Å². The molecule has 1 atom stereocenters. The molecule has 1 aromatic carbocycles. The van der Waals surface area contributed by atoms with Crippen LogP contribution in [0.4, 0.5) is 0 Å². The molecule has 0 aromatic heterocycles. The molecule has 4 heteroatoms. The van der Waals surface area contributed by atoms with E-state index in [0.29, 0.717) is 0 Å². The predicted octanol–water partition coefficient (Wildman–Crippen LogP) is 3.05. The number of ether oxygens (including phenoxy) is 1. The Hall–Kier alpha value is -0.610. The SMILES string of the molecule is COC(C)(C)CCC(NN)c1ccc(Cl)cc1. The van der Waals surface area contributed by atoms with E-state index in [1.165, 1.54) is 0 Å². The zero-order valence-electron chi connectivity index (χ0n) is 10.7. The highest BCUT2D eigenvalue weighted by atomic mass is 35.5. The molecule has 0 saturated heterocycles. The summed E-state index contributed by atoms with van der Waals surface area (Å²) in [7, 11) is 1.73. The molecule has 3 nitrogen and oxygen atoms in total. The van der Waals surface area contributed by atoms with Gasteiger partial charge in [-0.25, -0.2) is 0 Å². The van der Waals surface area contributed by atoms with Crippen LogP contribution in [0.25, 0.3) is 0 Å². The highest BCUT2D eigenvalue weighted by Gasteiger charge is 2.19. The fourth-order valence-corrected chi connectivity index (χ4v) is 1.76. The van der Waals surface area contributed by atoms with E-state index in [-0.39, 0.29) is 11.6 Å². The van der Waals surface area contributed by atoms with Crippen molar-refractivity contribution in [3.05, 3.63) is 34.9 Å². The Morgan fingerprint density at radius 3 is 2.41 bits per heavy atom. The first-order valence-electron chi connectivity index (χ1n) is 5.75. The zero-order valence-corrected chi connectivity index (χ0v) is 11.4. The van der Waals surface area contributed by atoms with Gasteiger partial charge in [-0.15, -0.1) is 0 Å². The van der Waals surface area contributed by atoms with Crippen molar-refractivity contribution in [2.24, 2.45) is 5.84 Å². The minimum Gasteiger partial charge on any atom is -0.379 e. The smallest absolute Gasteiger partial charge is 0.0623 e. The molecule has 0 radical (unpaired) electrons. The number of nitrogens with one attached hydrogen (secondary N) is 1. The second-order valence-corrected chi connectivity index (χ2v) is 5.21. The van der Waals surface area contributed by atoms with Gasteiger partial charge in [0.1, 0.15) is 0 Å². The van der Waals surface area contributed by atoms with Gasteiger partial charge < -0.3 is 4.74 Å². The van der Waals surface area contributed by atoms with Gasteiger partial charge in [0.05, 0.1) is 5.60 Å². The van der Waals surface area contributed by atoms with Crippen LogP contribution in [0, 0.1) is 0 Å². The number of hydrazine groups is 1. The third-order valence-corrected chi connectivity index (χ3v) is 3.31. The second kappa shape index (κ2) is 6.36. The lowest BCUT2D eigenvalue weighted by atomic mass is 9.95. The number of rotatable bonds is 6. The lowest BCUT2D eigenvalue weighted by Gasteiger charge is -2.25. The van der Waals surface area contributed by atoms with E-state index in [2.05, 4.69) is 19.3 Å². The van der Waals surface area contributed by atoms with Crippen LogP contribution < -0.4 is 11.3 Å². The molecular weight excluding hydrogens is 236 g/mol. The molecule has 0 amide bonds. The maximum Gasteiger partial charge on any atom is 0.0623 e. The Morgan fingerprint density at radius 1 is 1.35 bits per heavy atom. The number of benzene rings is 1. The van der Waals surface area contributed by atoms with Crippen molar-refractivity contribution in [2.75, 3.05) is 7.11 Å². The summed E-state index contributed by atoms with van der Waals surface area (Å²) in [6.07, 6.45) is 1.85. The Bertz CT molecular complexity index is 338. The van der Waals surface area contributed by atoms with E-state index in [0.717, 1.165) is 23.4 Å². The molecule has 17 heavy (non-hydrogen) atoms. The monoisotopic (exact) mass is 256 g/mol. The highest BCUT2D eigenvalue weighted by Crippen LogP contribution is 2.24. The number of hydrogen-bond acceptors (Lipinski definition) is 3. The van der Waals surface area contributed by atoms with E-state index < -0.39 is 0 Å². The summed E-state index contributed by atoms with van der Waals surface area (Å²) in [5, 5.41) is 0.738. The zero-order chi connectivity index (χ0) is 12.9. The van der Waals surface area contributed by atoms with Crippen LogP contribution >= 0.6 is 11.6 Å². The average Bonchev–Trinajstić information content (AvgIpc) is 2.32. The van der Waals surface area contributed by atoms with Crippen molar-refractivity contribution in [2.45, 2.75) is 38.3 Å². The van der Waals surface area contributed by atoms with Crippen molar-refractivity contribution in [1.29, 1.82) is 0 Å². The molecule has 0 heterocycles. The molecule has 0 fully saturated rings. The topological polar surface area (TPSA) is 47.3 Å². The maximum absolute atomic E-state index is 5.86. The van der Waals surface area contributed by atoms with Crippen molar-refractivity contribution in [3.8, 4) is 0 Å². The molecule has 1 unspecified atom stereocenters. The number of hydrogen-bond donors (Lipinski definition) is 2. The van der Waals surface area contributed by atoms with Crippen LogP contribution in [0.1, 0.15) is 38.3 Å². The highest BCUT2D eigenvalue weighted by molar-refractivity contribution is 6.30. The fraction of sp³-hybridized carbons (Fsp3) is 0.538. The molecule has 0 aliphatic rings. The van der Waals surface area contributed by atoms with E-state index in [1.807, 2.05) is 24.3 Å². The summed E-state index contributed by atoms with van der Waals surface area (Å²) in [4.78, 5) is 0. The third kappa shape index (κ3) is 4.64. The summed E-state index contributed by atoms with van der Waals surface area (Å²) in [6, 6.07) is 7.87. The Balaban J connectivity index is 2.63. The molecule has 3 N–H and O–H groups in total. The van der Waals surface area contributed by atoms with Gasteiger partial charge in [-0.1, -0.05) is 23.7 Å². The molecule has 1 aromatic rings. The van der Waals surface area contributed by atoms with Gasteiger partial charge in [0, 0.05) is 18.2 Å². The Kier molecular flexibility index (Phi) is 5.40. The Labute approximate surface area is 108 Å². The third-order valence-electron chi connectivity index (χ3n) is 3.06. The minimum atomic E-state index is -0.123. The van der Waals surface area contributed by atoms with Gasteiger partial charge in [-0.3, -0.25) is 11.3 Å². The minimum absolute atomic E-state index is 0.123. The van der Waals surface area contributed by atoms with Crippen LogP contribution in [0.2, 0.25) is 5.02 Å². The predicted molar refractivity (Wildman–Crippen MR) is 71.8 cm³/mol. The molecule has 0 spiro atoms. The van der Waals surface area contributed by atoms with E-state index >= 15 is 0 Å². The van der Waals surface area contributed by atoms with Crippen LogP contribution in [0.3, 0.4) is 0 Å². The van der Waals surface area contributed by atoms with Gasteiger partial charge in [-0.2, -0.15) is 0 Å². The van der Waals surface area contributed by atoms with Crippen LogP contribution in [0.5, 0.6) is 0 Å². The summed E-state index contributed by atoms with van der Waals surface area (Å²) in [5.41, 5.74) is 3.85. The quantitative estimate of drug-likeness (QED) is 0.608. The maximum atomic E-state index is 5.86. The lowest BCUT2D eigenvalue weighted by molar-refractivity contribution is 0.0117. The molecule has 0 aliphatic heterocycles. The largest absolute Gasteiger partial charge is 0.379 e. The number of nitrogens with two attached hydrogens (primary N) is 1. The van der Waals surface area contributed by atoms with E-state index in [9.17, 15) is 0 Å². The van der Waals surface area contributed by atoms with Gasteiger partial charge in [0.2, 0.25) is 0 Å². The van der Waals surface area contributed by atoms with Gasteiger partial charge in [0.15, 0.2) is 0 Å². The second-order valence-electron chi connectivity index (χ2n) is 4.77. The number of methoxy groups -OCH3 is 1. The van der Waals surface area contributed by atoms with Crippen molar-refractivity contribution < 1.29 is 4.74 Å². The standard InChI is InChI=1S/C13H21ClN2O/c1-13(2,17-3)9-8-12(16-15)10-4-6-11(14)7-5-10/h4-7,12,16H,8-9,15H2,1-3H3. The summed E-state index contributed by atoms with van der Waals surface area (Å²) in [5.74, 6) is 5.59. The summed E-state index contributed by atoms with van der Waals surface area (Å²) < 4.78 is 5.40. The summed E-state index contributed by atoms with van der Waals surface area (Å²) >= 11 is 5.86. The van der Waals surface area contributed by atoms with E-state index in [4.69, 9.17) is 22.2 Å². The van der Waals surface area contributed by atoms with Crippen LogP contribution in [0.15, 0.2) is 24.3 Å². The van der Waals surface area contributed by atoms with Crippen LogP contribution in [-0.4, -0.2) is 12.7 Å². The molecule has 96 valence electrons. The molecule has 1 rings (SSSR count). The average molecular weight is 257 g/mol. The van der Waals surface area contributed by atoms with Crippen molar-refractivity contribution >= 4 is 11.6 Å². The molecule has 0 aliphatic carbocycles. The number of halogens is 1. The normalized spacial score (nSPS) is 13.7. The molecule has 0 saturated carbocycles. The lowest BCUT2D eigenvalue weighted by Crippen LogP contribution is -2.31. The fourth-order valence-electron chi connectivity index (χ4n) is 1.64. The van der Waals surface area contributed by atoms with Crippen LogP contribution in [-0.2, 0) is 4.74 Å². The van der Waals surface area contributed by atoms with Crippen molar-refractivity contribution in [3.63, 3.8) is 0 Å². The van der Waals surface area contributed by atoms with Gasteiger partial charge in [-0.05, 0) is 44.4 Å². The first kappa shape index (κ1) is 14.5. The van der Waals surface area contributed by atoms with E-state index in [1.54, 1.807) is 7.11 Å². The van der Waals surface area contributed by atoms with Crippen molar-refractivity contribution in [1.82, 2.24) is 5.43 Å². The first-order valence-corrected chi connectivity index (χ1v) is 6.13. The summed E-state index contributed by atoms with van der Waals surface area (Å²) in [6.45, 7) is 4.14. The Morgan fingerprint density at radius 2 is 1.94 bits per heavy atom. The molecular formula is C13H21ClN2O. The van der Waals surface area contributed by atoms with Gasteiger partial charge in [0.25, 0.3) is 0 Å². The first-order chi connectivity index (χ1) is 7.98.